The number of aliphatic hydroxyl groups is 1. The average Bonchev–Trinajstić information content (AvgIpc) is 3.57. The minimum Gasteiger partial charge on any atom is -0.459 e. The quantitative estimate of drug-likeness (QED) is 0.0627. The molecule has 3 aliphatic heterocycles. The first-order chi connectivity index (χ1) is 31.6. The lowest BCUT2D eigenvalue weighted by Gasteiger charge is -2.48. The summed E-state index contributed by atoms with van der Waals surface area (Å²) in [4.78, 5) is 67.0. The van der Waals surface area contributed by atoms with E-state index in [1.54, 1.807) is 13.8 Å². The lowest BCUT2D eigenvalue weighted by Crippen LogP contribution is -2.62. The molecule has 1 N–H and O–H groups in total. The largest absolute Gasteiger partial charge is 0.459 e. The van der Waals surface area contributed by atoms with Crippen molar-refractivity contribution in [2.75, 3.05) is 19.7 Å². The predicted molar refractivity (Wildman–Crippen MR) is 213 cm³/mol. The Morgan fingerprint density at radius 1 is 0.500 bits per heavy atom. The van der Waals surface area contributed by atoms with Crippen LogP contribution < -0.4 is 0 Å². The van der Waals surface area contributed by atoms with Gasteiger partial charge in [-0.1, -0.05) is 44.5 Å². The van der Waals surface area contributed by atoms with Crippen molar-refractivity contribution in [3.05, 3.63) is 62.7 Å². The second-order valence-electron chi connectivity index (χ2n) is 15.1. The second kappa shape index (κ2) is 24.7. The maximum atomic E-state index is 12.8. The van der Waals surface area contributed by atoms with E-state index >= 15 is 0 Å². The van der Waals surface area contributed by atoms with E-state index in [-0.39, 0.29) is 18.9 Å². The fraction of sp³-hybridized carbons (Fsp3) is 0.879. The molecule has 33 nitrogen and oxygen atoms in total. The Morgan fingerprint density at radius 2 is 0.939 bits per heavy atom. The van der Waals surface area contributed by atoms with Gasteiger partial charge in [0.2, 0.25) is 0 Å². The smallest absolute Gasteiger partial charge is 0.303 e. The van der Waals surface area contributed by atoms with Crippen LogP contribution in [0.2, 0.25) is 0 Å². The Bertz CT molecular complexity index is 2070. The van der Waals surface area contributed by atoms with Crippen LogP contribution >= 0.6 is 0 Å². The van der Waals surface area contributed by atoms with Crippen LogP contribution in [-0.2, 0) is 66.5 Å². The van der Waals surface area contributed by atoms with E-state index < -0.39 is 147 Å². The molecule has 0 amide bonds. The van der Waals surface area contributed by atoms with Gasteiger partial charge >= 0.3 is 23.9 Å². The lowest BCUT2D eigenvalue weighted by atomic mass is 9.81. The fourth-order valence-corrected chi connectivity index (χ4v) is 8.10. The summed E-state index contributed by atoms with van der Waals surface area (Å²) in [6.45, 7) is 5.87. The zero-order chi connectivity index (χ0) is 48.7. The van der Waals surface area contributed by atoms with Crippen LogP contribution in [0.15, 0.2) is 30.7 Å². The number of carbonyl (C=O) groups excluding carboxylic acids is 4. The number of rotatable bonds is 19. The third-order valence-corrected chi connectivity index (χ3v) is 11.0. The molecule has 0 radical (unpaired) electrons. The van der Waals surface area contributed by atoms with Gasteiger partial charge in [0.15, 0.2) is 37.2 Å². The van der Waals surface area contributed by atoms with Crippen molar-refractivity contribution >= 4 is 23.9 Å². The maximum absolute atomic E-state index is 12.8. The third kappa shape index (κ3) is 12.8. The van der Waals surface area contributed by atoms with Gasteiger partial charge in [-0.25, -0.2) is 0 Å². The summed E-state index contributed by atoms with van der Waals surface area (Å²) in [5.41, 5.74) is 56.6. The minimum atomic E-state index is -1.88. The molecule has 4 rings (SSSR count). The summed E-state index contributed by atoms with van der Waals surface area (Å²) in [7, 11) is 0. The number of ether oxygens (including phenoxy) is 10. The van der Waals surface area contributed by atoms with Crippen molar-refractivity contribution in [2.24, 2.45) is 42.5 Å². The molecule has 0 aromatic rings. The van der Waals surface area contributed by atoms with Gasteiger partial charge in [-0.05, 0) is 51.4 Å². The highest BCUT2D eigenvalue weighted by Crippen LogP contribution is 2.41. The van der Waals surface area contributed by atoms with Crippen LogP contribution in [0.25, 0.3) is 62.7 Å². The molecule has 3 saturated heterocycles. The molecule has 7 unspecified atom stereocenters. The Balaban J connectivity index is 1.86. The van der Waals surface area contributed by atoms with E-state index in [1.165, 1.54) is 0 Å². The van der Waals surface area contributed by atoms with Crippen LogP contribution in [0.3, 0.4) is 0 Å². The summed E-state index contributed by atoms with van der Waals surface area (Å²) in [5, 5.41) is 32.9. The highest BCUT2D eigenvalue weighted by atomic mass is 16.8. The predicted octanol–water partition coefficient (Wildman–Crippen LogP) is 4.05. The number of azide groups is 6. The molecule has 1 aliphatic carbocycles. The van der Waals surface area contributed by atoms with Gasteiger partial charge in [0, 0.05) is 57.2 Å². The Hall–Kier alpha value is -6.54. The van der Waals surface area contributed by atoms with Crippen molar-refractivity contribution in [2.45, 2.75) is 152 Å². The van der Waals surface area contributed by atoms with Crippen LogP contribution in [-0.4, -0.2) is 153 Å². The van der Waals surface area contributed by atoms with E-state index in [0.717, 1.165) is 27.7 Å². The summed E-state index contributed by atoms with van der Waals surface area (Å²) in [6.07, 6.45) is -20.9. The van der Waals surface area contributed by atoms with Crippen LogP contribution in [0.1, 0.15) is 48.0 Å². The van der Waals surface area contributed by atoms with Gasteiger partial charge < -0.3 is 52.5 Å². The molecule has 0 aromatic heterocycles. The molecule has 0 bridgehead atoms. The normalized spacial score (nSPS) is 36.9. The number of carbonyl (C=O) groups is 4. The zero-order valence-electron chi connectivity index (χ0n) is 36.0. The first kappa shape index (κ1) is 52.1. The summed E-state index contributed by atoms with van der Waals surface area (Å²) in [5.74, 6) is -4.61. The molecule has 0 spiro atoms. The monoisotopic (exact) mass is 934 g/mol. The van der Waals surface area contributed by atoms with Crippen molar-refractivity contribution < 1.29 is 71.7 Å². The van der Waals surface area contributed by atoms with Crippen molar-refractivity contribution in [1.82, 2.24) is 0 Å². The van der Waals surface area contributed by atoms with Crippen LogP contribution in [0, 0.1) is 11.8 Å². The Labute approximate surface area is 372 Å². The van der Waals surface area contributed by atoms with Crippen LogP contribution in [0.5, 0.6) is 0 Å². The summed E-state index contributed by atoms with van der Waals surface area (Å²) in [6, 6.07) is -5.49. The first-order valence-electron chi connectivity index (χ1n) is 20.0. The molecule has 0 aromatic carbocycles. The summed E-state index contributed by atoms with van der Waals surface area (Å²) < 4.78 is 59.5. The molecular weight excluding hydrogens is 888 g/mol. The van der Waals surface area contributed by atoms with Gasteiger partial charge in [-0.2, -0.15) is 0 Å². The topological polar surface area (TPSA) is 473 Å². The molecule has 1 saturated carbocycles. The highest BCUT2D eigenvalue weighted by molar-refractivity contribution is 5.68. The molecule has 66 heavy (non-hydrogen) atoms. The van der Waals surface area contributed by atoms with Gasteiger partial charge in [-0.15, -0.1) is 0 Å². The number of aliphatic hydroxyl groups excluding tert-OH is 1. The average molecular weight is 935 g/mol. The van der Waals surface area contributed by atoms with Crippen molar-refractivity contribution in [3.8, 4) is 0 Å². The molecule has 19 atom stereocenters. The molecule has 358 valence electrons. The molecule has 33 heteroatoms. The highest BCUT2D eigenvalue weighted by Gasteiger charge is 2.58. The van der Waals surface area contributed by atoms with E-state index in [1.807, 2.05) is 0 Å². The SMILES string of the molecule is CC(=O)OC1[C@H](O[C@@H]2C(OC(C)=O)[C@H](N=[N+]=[N-])CC(N=[N+]=[N-])[C@H]2O[C@H]2OC(CN=[N+]=[N-])[C@@H](C)[C@H](C)C2N=[N+]=[N-])O[C@H](CO)[C@@H]1O[C@H]1O[C@@H](CN=[N+]=[N-])[C@@H](OC(C)=O)C(OC(C)=O)C1N=[N+]=[N-]. The zero-order valence-corrected chi connectivity index (χ0v) is 36.0. The Kier molecular flexibility index (Phi) is 19.5. The van der Waals surface area contributed by atoms with Crippen molar-refractivity contribution in [1.29, 1.82) is 0 Å². The fourth-order valence-electron chi connectivity index (χ4n) is 8.10. The van der Waals surface area contributed by atoms with E-state index in [9.17, 15) is 46.4 Å². The van der Waals surface area contributed by atoms with E-state index in [0.29, 0.717) is 0 Å². The molecule has 3 heterocycles. The number of hydrogen-bond acceptors (Lipinski definition) is 21. The second-order valence-corrected chi connectivity index (χ2v) is 15.1. The third-order valence-electron chi connectivity index (χ3n) is 11.0. The molecule has 4 aliphatic rings. The van der Waals surface area contributed by atoms with Crippen molar-refractivity contribution in [3.63, 3.8) is 0 Å². The van der Waals surface area contributed by atoms with E-state index in [2.05, 4.69) is 60.2 Å². The summed E-state index contributed by atoms with van der Waals surface area (Å²) >= 11 is 0. The van der Waals surface area contributed by atoms with Gasteiger partial charge in [0.1, 0.15) is 36.6 Å². The van der Waals surface area contributed by atoms with Gasteiger partial charge in [-0.3, -0.25) is 19.2 Å². The molecular formula is C33H46N18O15. The van der Waals surface area contributed by atoms with Gasteiger partial charge in [0.25, 0.3) is 0 Å². The standard InChI is InChI=1S/C33H46N18O15/c1-11-12(2)22(44-50-38)31(61-19(11)8-40-46-34)64-25-18(43-49-37)7-17(42-48-36)24(57-13(3)53)29(25)66-33-30(60-16(6)56)27(21(10-52)63-33)65-32-23(45-51-39)28(59-15(5)55)26(58-14(4)54)20(62-32)9-41-47-35/h11-12,17-33,52H,7-10H2,1-6H3/t11-,12-,17+,18?,19?,20-,21+,22?,23?,24?,25+,26+,27-,28?,29+,30?,31+,32+,33-/m0/s1. The molecule has 4 fully saturated rings. The minimum absolute atomic E-state index is 0.183. The number of hydrogen-bond donors (Lipinski definition) is 1. The number of esters is 4. The maximum Gasteiger partial charge on any atom is 0.303 e. The van der Waals surface area contributed by atoms with Gasteiger partial charge in [0.05, 0.1) is 50.0 Å². The van der Waals surface area contributed by atoms with Crippen LogP contribution in [0.4, 0.5) is 0 Å². The first-order valence-corrected chi connectivity index (χ1v) is 20.0. The number of nitrogens with zero attached hydrogens (tertiary/aromatic N) is 18. The lowest BCUT2D eigenvalue weighted by molar-refractivity contribution is -0.298. The Morgan fingerprint density at radius 3 is 1.48 bits per heavy atom. The van der Waals surface area contributed by atoms with E-state index in [4.69, 9.17) is 58.4 Å².